The average Bonchev–Trinajstić information content (AvgIpc) is 3.26. The number of nitrogens with zero attached hydrogens (tertiary/aromatic N) is 3. The van der Waals surface area contributed by atoms with Crippen molar-refractivity contribution in [1.82, 2.24) is 24.8 Å². The molecule has 132 valence electrons. The molecule has 0 unspecified atom stereocenters. The Bertz CT molecular complexity index is 876. The molecule has 7 heteroatoms. The van der Waals surface area contributed by atoms with Crippen molar-refractivity contribution in [2.75, 3.05) is 13.7 Å². The summed E-state index contributed by atoms with van der Waals surface area (Å²) < 4.78 is 7.25. The van der Waals surface area contributed by atoms with Crippen LogP contribution in [0.4, 0.5) is 0 Å². The molecule has 0 spiro atoms. The number of carbonyl (C=O) groups excluding carboxylic acids is 1. The van der Waals surface area contributed by atoms with Crippen molar-refractivity contribution < 1.29 is 9.53 Å². The molecule has 4 rings (SSSR count). The number of aromatic amines is 1. The van der Waals surface area contributed by atoms with Crippen LogP contribution >= 0.6 is 0 Å². The van der Waals surface area contributed by atoms with Gasteiger partial charge in [0.15, 0.2) is 0 Å². The van der Waals surface area contributed by atoms with Gasteiger partial charge in [-0.15, -0.1) is 0 Å². The Hall–Kier alpha value is -2.41. The summed E-state index contributed by atoms with van der Waals surface area (Å²) in [5.41, 5.74) is 2.98. The normalized spacial score (nSPS) is 21.0. The Kier molecular flexibility index (Phi) is 4.40. The lowest BCUT2D eigenvalue weighted by Crippen LogP contribution is -2.38. The highest BCUT2D eigenvalue weighted by molar-refractivity contribution is 6.00. The van der Waals surface area contributed by atoms with Crippen molar-refractivity contribution in [2.45, 2.75) is 44.2 Å². The lowest BCUT2D eigenvalue weighted by atomic mass is 9.90. The molecular formula is C18H23N5O2. The number of fused-ring (bicyclic) bond motifs is 3. The molecule has 3 aromatic heterocycles. The van der Waals surface area contributed by atoms with Gasteiger partial charge in [-0.25, -0.2) is 9.97 Å². The maximum Gasteiger partial charge on any atom is 0.222 e. The number of hydrogen-bond acceptors (Lipinski definition) is 4. The Morgan fingerprint density at radius 2 is 2.20 bits per heavy atom. The topological polar surface area (TPSA) is 84.8 Å². The van der Waals surface area contributed by atoms with Gasteiger partial charge in [-0.1, -0.05) is 0 Å². The fourth-order valence-corrected chi connectivity index (χ4v) is 3.80. The summed E-state index contributed by atoms with van der Waals surface area (Å²) in [5, 5.41) is 4.24. The minimum atomic E-state index is 0.0819. The van der Waals surface area contributed by atoms with Gasteiger partial charge in [-0.2, -0.15) is 0 Å². The largest absolute Gasteiger partial charge is 0.384 e. The number of pyridine rings is 1. The molecule has 3 heterocycles. The molecule has 0 atom stereocenters. The first-order valence-electron chi connectivity index (χ1n) is 8.83. The van der Waals surface area contributed by atoms with E-state index in [0.717, 1.165) is 47.8 Å². The third kappa shape index (κ3) is 3.11. The molecule has 0 saturated heterocycles. The standard InChI is InChI=1S/C18H23N5O2/c1-25-9-7-16(24)22-12-2-4-13(5-3-12)23-11-21-15-10-20-18-14(17(15)23)6-8-19-18/h6,8,10-13H,2-5,7,9H2,1H3,(H,19,20)(H,22,24). The quantitative estimate of drug-likeness (QED) is 0.747. The van der Waals surface area contributed by atoms with Crippen molar-refractivity contribution in [3.63, 3.8) is 0 Å². The van der Waals surface area contributed by atoms with E-state index in [9.17, 15) is 4.79 Å². The van der Waals surface area contributed by atoms with Crippen LogP contribution in [-0.4, -0.2) is 45.2 Å². The second kappa shape index (κ2) is 6.84. The minimum absolute atomic E-state index is 0.0819. The van der Waals surface area contributed by atoms with Gasteiger partial charge in [0.25, 0.3) is 0 Å². The fourth-order valence-electron chi connectivity index (χ4n) is 3.80. The lowest BCUT2D eigenvalue weighted by molar-refractivity contribution is -0.122. The molecule has 1 saturated carbocycles. The van der Waals surface area contributed by atoms with E-state index in [1.165, 1.54) is 0 Å². The van der Waals surface area contributed by atoms with E-state index < -0.39 is 0 Å². The second-order valence-electron chi connectivity index (χ2n) is 6.70. The van der Waals surface area contributed by atoms with Crippen LogP contribution in [0.15, 0.2) is 24.8 Å². The molecular weight excluding hydrogens is 318 g/mol. The van der Waals surface area contributed by atoms with Gasteiger partial charge in [0.2, 0.25) is 5.91 Å². The van der Waals surface area contributed by atoms with E-state index in [1.807, 2.05) is 18.7 Å². The average molecular weight is 341 g/mol. The summed E-state index contributed by atoms with van der Waals surface area (Å²) in [6.07, 6.45) is 10.2. The minimum Gasteiger partial charge on any atom is -0.384 e. The number of ether oxygens (including phenoxy) is 1. The third-order valence-electron chi connectivity index (χ3n) is 5.11. The van der Waals surface area contributed by atoms with Crippen LogP contribution in [0.25, 0.3) is 22.1 Å². The number of H-pyrrole nitrogens is 1. The Morgan fingerprint density at radius 3 is 3.00 bits per heavy atom. The Balaban J connectivity index is 1.47. The van der Waals surface area contributed by atoms with Gasteiger partial charge >= 0.3 is 0 Å². The first kappa shape index (κ1) is 16.1. The van der Waals surface area contributed by atoms with Gasteiger partial charge in [0, 0.05) is 37.2 Å². The van der Waals surface area contributed by atoms with E-state index in [2.05, 4.69) is 30.9 Å². The number of aromatic nitrogens is 4. The molecule has 1 amide bonds. The number of hydrogen-bond donors (Lipinski definition) is 2. The second-order valence-corrected chi connectivity index (χ2v) is 6.70. The summed E-state index contributed by atoms with van der Waals surface area (Å²) in [7, 11) is 1.62. The highest BCUT2D eigenvalue weighted by Gasteiger charge is 2.25. The Morgan fingerprint density at radius 1 is 1.36 bits per heavy atom. The van der Waals surface area contributed by atoms with Gasteiger partial charge in [0.05, 0.1) is 24.6 Å². The van der Waals surface area contributed by atoms with Crippen LogP contribution in [-0.2, 0) is 9.53 Å². The first-order chi connectivity index (χ1) is 12.3. The van der Waals surface area contributed by atoms with Gasteiger partial charge in [0.1, 0.15) is 11.2 Å². The Labute approximate surface area is 145 Å². The van der Waals surface area contributed by atoms with Crippen molar-refractivity contribution in [3.8, 4) is 0 Å². The van der Waals surface area contributed by atoms with E-state index in [-0.39, 0.29) is 11.9 Å². The van der Waals surface area contributed by atoms with Crippen LogP contribution in [0.5, 0.6) is 0 Å². The molecule has 3 aromatic rings. The van der Waals surface area contributed by atoms with Crippen LogP contribution in [0.2, 0.25) is 0 Å². The summed E-state index contributed by atoms with van der Waals surface area (Å²) in [5.74, 6) is 0.0819. The maximum absolute atomic E-state index is 11.9. The van der Waals surface area contributed by atoms with Gasteiger partial charge in [-0.3, -0.25) is 4.79 Å². The highest BCUT2D eigenvalue weighted by atomic mass is 16.5. The first-order valence-corrected chi connectivity index (χ1v) is 8.83. The van der Waals surface area contributed by atoms with Gasteiger partial charge < -0.3 is 19.6 Å². The fraction of sp³-hybridized carbons (Fsp3) is 0.500. The summed E-state index contributed by atoms with van der Waals surface area (Å²) in [6, 6.07) is 2.74. The van der Waals surface area contributed by atoms with Crippen molar-refractivity contribution in [1.29, 1.82) is 0 Å². The van der Waals surface area contributed by atoms with E-state index in [1.54, 1.807) is 7.11 Å². The number of carbonyl (C=O) groups is 1. The zero-order valence-electron chi connectivity index (χ0n) is 14.4. The predicted octanol–water partition coefficient (Wildman–Crippen LogP) is 2.55. The van der Waals surface area contributed by atoms with Crippen LogP contribution < -0.4 is 5.32 Å². The van der Waals surface area contributed by atoms with Crippen molar-refractivity contribution >= 4 is 28.0 Å². The molecule has 0 aromatic carbocycles. The monoisotopic (exact) mass is 341 g/mol. The molecule has 0 radical (unpaired) electrons. The number of methoxy groups -OCH3 is 1. The predicted molar refractivity (Wildman–Crippen MR) is 95.3 cm³/mol. The summed E-state index contributed by atoms with van der Waals surface area (Å²) >= 11 is 0. The number of imidazole rings is 1. The lowest BCUT2D eigenvalue weighted by Gasteiger charge is -2.30. The number of nitrogens with one attached hydrogen (secondary N) is 2. The molecule has 7 nitrogen and oxygen atoms in total. The SMILES string of the molecule is COCCC(=O)NC1CCC(n2cnc3cnc4[nH]ccc4c32)CC1. The summed E-state index contributed by atoms with van der Waals surface area (Å²) in [6.45, 7) is 0.475. The molecule has 1 aliphatic carbocycles. The van der Waals surface area contributed by atoms with Crippen molar-refractivity contribution in [3.05, 3.63) is 24.8 Å². The number of rotatable bonds is 5. The smallest absolute Gasteiger partial charge is 0.222 e. The molecule has 0 aliphatic heterocycles. The maximum atomic E-state index is 11.9. The molecule has 25 heavy (non-hydrogen) atoms. The van der Waals surface area contributed by atoms with E-state index in [4.69, 9.17) is 4.74 Å². The zero-order chi connectivity index (χ0) is 17.2. The third-order valence-corrected chi connectivity index (χ3v) is 5.11. The molecule has 1 fully saturated rings. The van der Waals surface area contributed by atoms with E-state index in [0.29, 0.717) is 19.1 Å². The van der Waals surface area contributed by atoms with Crippen LogP contribution in [0, 0.1) is 0 Å². The zero-order valence-corrected chi connectivity index (χ0v) is 14.4. The summed E-state index contributed by atoms with van der Waals surface area (Å²) in [4.78, 5) is 24.0. The number of amides is 1. The van der Waals surface area contributed by atoms with Crippen LogP contribution in [0.3, 0.4) is 0 Å². The van der Waals surface area contributed by atoms with E-state index >= 15 is 0 Å². The van der Waals surface area contributed by atoms with Crippen molar-refractivity contribution in [2.24, 2.45) is 0 Å². The molecule has 2 N–H and O–H groups in total. The molecule has 1 aliphatic rings. The van der Waals surface area contributed by atoms with Crippen LogP contribution in [0.1, 0.15) is 38.1 Å². The molecule has 0 bridgehead atoms. The van der Waals surface area contributed by atoms with Gasteiger partial charge in [-0.05, 0) is 31.7 Å². The highest BCUT2D eigenvalue weighted by Crippen LogP contribution is 2.33.